The number of thioether (sulfide) groups is 1. The number of amides is 2. The van der Waals surface area contributed by atoms with Crippen LogP contribution in [-0.2, 0) is 11.8 Å². The summed E-state index contributed by atoms with van der Waals surface area (Å²) in [6, 6.07) is 13.8. The molecule has 0 atom stereocenters. The molecule has 0 aliphatic heterocycles. The monoisotopic (exact) mass is 433 g/mol. The first-order valence-electron chi connectivity index (χ1n) is 9.81. The third-order valence-corrected chi connectivity index (χ3v) is 5.99. The molecule has 7 nitrogen and oxygen atoms in total. The van der Waals surface area contributed by atoms with Gasteiger partial charge >= 0.3 is 0 Å². The summed E-state index contributed by atoms with van der Waals surface area (Å²) in [6.07, 6.45) is 5.34. The van der Waals surface area contributed by atoms with Gasteiger partial charge in [0.1, 0.15) is 0 Å². The van der Waals surface area contributed by atoms with E-state index in [1.807, 2.05) is 60.5 Å². The molecule has 0 aliphatic rings. The molecule has 2 aromatic carbocycles. The molecular weight excluding hydrogens is 410 g/mol. The number of carbonyl (C=O) groups excluding carboxylic acids is 2. The first kappa shape index (κ1) is 20.7. The fourth-order valence-corrected chi connectivity index (χ4v) is 4.21. The number of aromatic nitrogens is 3. The molecule has 4 aromatic rings. The van der Waals surface area contributed by atoms with E-state index in [2.05, 4.69) is 34.0 Å². The Morgan fingerprint density at radius 2 is 1.90 bits per heavy atom. The number of hydrazine groups is 1. The molecule has 0 bridgehead atoms. The van der Waals surface area contributed by atoms with Crippen molar-refractivity contribution in [1.82, 2.24) is 25.0 Å². The maximum absolute atomic E-state index is 12.6. The molecule has 2 amide bonds. The average Bonchev–Trinajstić information content (AvgIpc) is 3.37. The summed E-state index contributed by atoms with van der Waals surface area (Å²) in [5.41, 5.74) is 9.77. The van der Waals surface area contributed by atoms with Crippen LogP contribution in [0.25, 0.3) is 16.6 Å². The van der Waals surface area contributed by atoms with E-state index in [1.54, 1.807) is 12.4 Å². The Labute approximate surface area is 184 Å². The maximum atomic E-state index is 12.6. The summed E-state index contributed by atoms with van der Waals surface area (Å²) in [7, 11) is 1.88. The number of carbonyl (C=O) groups is 2. The Morgan fingerprint density at radius 1 is 1.10 bits per heavy atom. The van der Waals surface area contributed by atoms with Gasteiger partial charge in [0, 0.05) is 36.5 Å². The van der Waals surface area contributed by atoms with Crippen LogP contribution >= 0.6 is 11.8 Å². The second-order valence-electron chi connectivity index (χ2n) is 7.33. The smallest absolute Gasteiger partial charge is 0.271 e. The van der Waals surface area contributed by atoms with Crippen LogP contribution in [0.15, 0.2) is 66.2 Å². The number of benzene rings is 2. The zero-order chi connectivity index (χ0) is 22.0. The topological polar surface area (TPSA) is 81.0 Å². The van der Waals surface area contributed by atoms with Gasteiger partial charge in [-0.3, -0.25) is 25.0 Å². The lowest BCUT2D eigenvalue weighted by molar-refractivity contribution is -0.119. The van der Waals surface area contributed by atoms with Gasteiger partial charge in [-0.15, -0.1) is 0 Å². The van der Waals surface area contributed by atoms with E-state index in [1.165, 1.54) is 11.8 Å². The number of nitrogens with one attached hydrogen (secondary N) is 2. The van der Waals surface area contributed by atoms with Crippen LogP contribution in [0, 0.1) is 13.8 Å². The predicted molar refractivity (Wildman–Crippen MR) is 122 cm³/mol. The molecule has 0 fully saturated rings. The number of imidazole rings is 1. The first-order valence-corrected chi connectivity index (χ1v) is 10.8. The van der Waals surface area contributed by atoms with Crippen molar-refractivity contribution in [2.24, 2.45) is 7.05 Å². The number of hydrogen-bond acceptors (Lipinski definition) is 4. The Kier molecular flexibility index (Phi) is 5.81. The van der Waals surface area contributed by atoms with Gasteiger partial charge in [0.25, 0.3) is 5.91 Å². The highest BCUT2D eigenvalue weighted by Crippen LogP contribution is 2.23. The molecule has 158 valence electrons. The van der Waals surface area contributed by atoms with Gasteiger partial charge in [0.15, 0.2) is 5.16 Å². The largest absolute Gasteiger partial charge is 0.350 e. The molecule has 0 radical (unpaired) electrons. The van der Waals surface area contributed by atoms with E-state index in [0.717, 1.165) is 27.7 Å². The van der Waals surface area contributed by atoms with Gasteiger partial charge in [0.05, 0.1) is 17.0 Å². The number of para-hydroxylation sites is 1. The SMILES string of the molecule is Cc1ccc(C)c(-n2ccnc2SCC(=O)NNC(=O)c2cn(C)c3ccccc23)c1. The Morgan fingerprint density at radius 3 is 2.74 bits per heavy atom. The number of aryl methyl sites for hydroxylation is 3. The average molecular weight is 434 g/mol. The normalized spacial score (nSPS) is 10.9. The van der Waals surface area contributed by atoms with E-state index in [0.29, 0.717) is 10.7 Å². The van der Waals surface area contributed by atoms with Crippen molar-refractivity contribution in [2.45, 2.75) is 19.0 Å². The summed E-state index contributed by atoms with van der Waals surface area (Å²) in [6.45, 7) is 4.08. The molecule has 8 heteroatoms. The van der Waals surface area contributed by atoms with Gasteiger partial charge in [-0.05, 0) is 37.1 Å². The molecule has 0 saturated carbocycles. The number of fused-ring (bicyclic) bond motifs is 1. The minimum atomic E-state index is -0.355. The summed E-state index contributed by atoms with van der Waals surface area (Å²) in [5.74, 6) is -0.543. The van der Waals surface area contributed by atoms with Crippen molar-refractivity contribution in [1.29, 1.82) is 0 Å². The second-order valence-corrected chi connectivity index (χ2v) is 8.27. The molecule has 2 N–H and O–H groups in total. The van der Waals surface area contributed by atoms with Crippen molar-refractivity contribution in [2.75, 3.05) is 5.75 Å². The van der Waals surface area contributed by atoms with Crippen LogP contribution in [0.3, 0.4) is 0 Å². The minimum Gasteiger partial charge on any atom is -0.350 e. The Hall–Kier alpha value is -3.52. The lowest BCUT2D eigenvalue weighted by Crippen LogP contribution is -2.42. The highest BCUT2D eigenvalue weighted by Gasteiger charge is 2.15. The third-order valence-electron chi connectivity index (χ3n) is 5.02. The molecule has 31 heavy (non-hydrogen) atoms. The Bertz CT molecular complexity index is 1270. The van der Waals surface area contributed by atoms with Crippen LogP contribution in [0.2, 0.25) is 0 Å². The Balaban J connectivity index is 1.38. The van der Waals surface area contributed by atoms with Gasteiger partial charge in [-0.25, -0.2) is 4.98 Å². The van der Waals surface area contributed by atoms with E-state index in [4.69, 9.17) is 0 Å². The van der Waals surface area contributed by atoms with Crippen LogP contribution in [0.5, 0.6) is 0 Å². The minimum absolute atomic E-state index is 0.123. The third kappa shape index (κ3) is 4.34. The maximum Gasteiger partial charge on any atom is 0.271 e. The molecule has 0 unspecified atom stereocenters. The molecule has 0 saturated heterocycles. The molecule has 2 heterocycles. The molecular formula is C23H23N5O2S. The van der Waals surface area contributed by atoms with Crippen LogP contribution in [0.4, 0.5) is 0 Å². The molecule has 0 aliphatic carbocycles. The fraction of sp³-hybridized carbons (Fsp3) is 0.174. The summed E-state index contributed by atoms with van der Waals surface area (Å²) in [5, 5.41) is 1.55. The van der Waals surface area contributed by atoms with Gasteiger partial charge in [-0.1, -0.05) is 42.1 Å². The second kappa shape index (κ2) is 8.69. The van der Waals surface area contributed by atoms with Crippen molar-refractivity contribution in [3.63, 3.8) is 0 Å². The number of rotatable bonds is 5. The molecule has 2 aromatic heterocycles. The van der Waals surface area contributed by atoms with Crippen molar-refractivity contribution >= 4 is 34.5 Å². The van der Waals surface area contributed by atoms with Gasteiger partial charge < -0.3 is 4.57 Å². The molecule has 4 rings (SSSR count). The highest BCUT2D eigenvalue weighted by atomic mass is 32.2. The lowest BCUT2D eigenvalue weighted by Gasteiger charge is -2.11. The van der Waals surface area contributed by atoms with Crippen LogP contribution < -0.4 is 10.9 Å². The zero-order valence-electron chi connectivity index (χ0n) is 17.5. The first-order chi connectivity index (χ1) is 14.9. The van der Waals surface area contributed by atoms with Crippen LogP contribution in [0.1, 0.15) is 21.5 Å². The van der Waals surface area contributed by atoms with Crippen molar-refractivity contribution < 1.29 is 9.59 Å². The van der Waals surface area contributed by atoms with E-state index in [-0.39, 0.29) is 17.6 Å². The lowest BCUT2D eigenvalue weighted by atomic mass is 10.1. The highest BCUT2D eigenvalue weighted by molar-refractivity contribution is 7.99. The molecule has 0 spiro atoms. The quantitative estimate of drug-likeness (QED) is 0.373. The van der Waals surface area contributed by atoms with E-state index >= 15 is 0 Å². The van der Waals surface area contributed by atoms with Crippen molar-refractivity contribution in [3.8, 4) is 5.69 Å². The summed E-state index contributed by atoms with van der Waals surface area (Å²) >= 11 is 1.31. The fourth-order valence-electron chi connectivity index (χ4n) is 3.44. The van der Waals surface area contributed by atoms with Gasteiger partial charge in [-0.2, -0.15) is 0 Å². The standard InChI is InChI=1S/C23H23N5O2S/c1-15-8-9-16(2)20(12-15)28-11-10-24-23(28)31-14-21(29)25-26-22(30)18-13-27(3)19-7-5-4-6-17(18)19/h4-13H,14H2,1-3H3,(H,25,29)(H,26,30). The van der Waals surface area contributed by atoms with Gasteiger partial charge in [0.2, 0.25) is 5.91 Å². The number of nitrogens with zero attached hydrogens (tertiary/aromatic N) is 3. The van der Waals surface area contributed by atoms with E-state index < -0.39 is 0 Å². The van der Waals surface area contributed by atoms with E-state index in [9.17, 15) is 9.59 Å². The van der Waals surface area contributed by atoms with Crippen LogP contribution in [-0.4, -0.2) is 31.7 Å². The van der Waals surface area contributed by atoms with Crippen molar-refractivity contribution in [3.05, 3.63) is 77.7 Å². The summed E-state index contributed by atoms with van der Waals surface area (Å²) in [4.78, 5) is 29.2. The summed E-state index contributed by atoms with van der Waals surface area (Å²) < 4.78 is 3.85. The zero-order valence-corrected chi connectivity index (χ0v) is 18.4. The number of hydrogen-bond donors (Lipinski definition) is 2. The predicted octanol–water partition coefficient (Wildman–Crippen LogP) is 3.53.